The normalized spacial score (nSPS) is 22.5. The highest BCUT2D eigenvalue weighted by atomic mass is 32.1. The van der Waals surface area contributed by atoms with Gasteiger partial charge in [-0.15, -0.1) is 11.3 Å². The summed E-state index contributed by atoms with van der Waals surface area (Å²) < 4.78 is 11.7. The summed E-state index contributed by atoms with van der Waals surface area (Å²) in [5.74, 6) is 1.23. The third kappa shape index (κ3) is 4.87. The van der Waals surface area contributed by atoms with E-state index in [2.05, 4.69) is 58.9 Å². The molecule has 3 aromatic rings. The zero-order chi connectivity index (χ0) is 25.4. The predicted molar refractivity (Wildman–Crippen MR) is 147 cm³/mol. The number of hydrogen-bond acceptors (Lipinski definition) is 7. The summed E-state index contributed by atoms with van der Waals surface area (Å²) in [6.07, 6.45) is 4.08. The van der Waals surface area contributed by atoms with Crippen LogP contribution in [-0.4, -0.2) is 37.2 Å². The van der Waals surface area contributed by atoms with Crippen LogP contribution in [0, 0.1) is 18.3 Å². The Hall–Kier alpha value is -2.90. The van der Waals surface area contributed by atoms with Crippen LogP contribution in [0.5, 0.6) is 5.75 Å². The fraction of sp³-hybridized carbons (Fsp3) is 0.467. The van der Waals surface area contributed by atoms with Gasteiger partial charge in [0, 0.05) is 30.6 Å². The Balaban J connectivity index is 1.16. The number of thiazole rings is 1. The minimum Gasteiger partial charge on any atom is -0.488 e. The van der Waals surface area contributed by atoms with Gasteiger partial charge in [0.25, 0.3) is 0 Å². The van der Waals surface area contributed by atoms with Crippen molar-refractivity contribution >= 4 is 22.4 Å². The molecule has 3 heterocycles. The number of piperidine rings is 1. The standard InChI is InChI=1S/C30H35N3O3S/c1-3-35-28(34)30-10-12-33(17-24(30)15-30)29-32-26(19-37-29)25-13-20(2)6-9-27(25)36-18-21-7-8-23-16-31-11-4-5-22(23)14-21/h6-9,13-14,19,24,31H,3-5,10-12,15-18H2,1-2H3/t24?,30-/m1/s1. The van der Waals surface area contributed by atoms with Crippen LogP contribution in [0.15, 0.2) is 41.8 Å². The monoisotopic (exact) mass is 517 g/mol. The van der Waals surface area contributed by atoms with Crippen molar-refractivity contribution in [1.82, 2.24) is 10.3 Å². The molecular formula is C30H35N3O3S. The van der Waals surface area contributed by atoms with E-state index in [1.54, 1.807) is 11.3 Å². The van der Waals surface area contributed by atoms with Gasteiger partial charge in [0.1, 0.15) is 12.4 Å². The highest BCUT2D eigenvalue weighted by Crippen LogP contribution is 2.59. The van der Waals surface area contributed by atoms with E-state index in [1.807, 2.05) is 6.92 Å². The zero-order valence-electron chi connectivity index (χ0n) is 21.7. The third-order valence-electron chi connectivity index (χ3n) is 8.14. The summed E-state index contributed by atoms with van der Waals surface area (Å²) in [4.78, 5) is 19.8. The molecule has 2 aromatic carbocycles. The number of aromatic nitrogens is 1. The summed E-state index contributed by atoms with van der Waals surface area (Å²) in [7, 11) is 0. The van der Waals surface area contributed by atoms with E-state index in [1.165, 1.54) is 28.7 Å². The van der Waals surface area contributed by atoms with E-state index < -0.39 is 0 Å². The summed E-state index contributed by atoms with van der Waals surface area (Å²) in [5, 5.41) is 6.64. The van der Waals surface area contributed by atoms with Crippen LogP contribution in [0.2, 0.25) is 0 Å². The lowest BCUT2D eigenvalue weighted by molar-refractivity contribution is -0.150. The first-order valence-corrected chi connectivity index (χ1v) is 14.4. The average Bonchev–Trinajstić information content (AvgIpc) is 3.54. The molecule has 0 spiro atoms. The zero-order valence-corrected chi connectivity index (χ0v) is 22.5. The second-order valence-electron chi connectivity index (χ2n) is 10.7. The molecule has 2 fully saturated rings. The molecule has 1 saturated heterocycles. The number of aryl methyl sites for hydroxylation is 2. The molecule has 0 radical (unpaired) electrons. The van der Waals surface area contributed by atoms with Gasteiger partial charge in [-0.1, -0.05) is 29.8 Å². The van der Waals surface area contributed by atoms with E-state index in [-0.39, 0.29) is 11.4 Å². The van der Waals surface area contributed by atoms with Gasteiger partial charge in [0.05, 0.1) is 17.7 Å². The molecule has 2 atom stereocenters. The molecule has 2 aliphatic heterocycles. The fourth-order valence-corrected chi connectivity index (χ4v) is 6.75. The summed E-state index contributed by atoms with van der Waals surface area (Å²) in [6.45, 7) is 8.72. The number of benzene rings is 2. The SMILES string of the molecule is CCOC(=O)[C@@]12CCN(c3nc(-c4cc(C)ccc4OCc4ccc5c(c4)CCCNC5)cs3)CC1C2. The number of carbonyl (C=O) groups excluding carboxylic acids is 1. The van der Waals surface area contributed by atoms with Gasteiger partial charge in [0.2, 0.25) is 0 Å². The number of nitrogens with zero attached hydrogens (tertiary/aromatic N) is 2. The molecule has 3 aliphatic rings. The molecule has 1 aromatic heterocycles. The second-order valence-corrected chi connectivity index (χ2v) is 11.5. The van der Waals surface area contributed by atoms with Crippen molar-refractivity contribution in [2.45, 2.75) is 52.7 Å². The number of fused-ring (bicyclic) bond motifs is 2. The van der Waals surface area contributed by atoms with Crippen molar-refractivity contribution in [2.24, 2.45) is 11.3 Å². The quantitative estimate of drug-likeness (QED) is 0.417. The molecule has 0 amide bonds. The molecule has 7 heteroatoms. The fourth-order valence-electron chi connectivity index (χ4n) is 5.88. The number of hydrogen-bond donors (Lipinski definition) is 1. The van der Waals surface area contributed by atoms with Crippen LogP contribution in [0.25, 0.3) is 11.3 Å². The van der Waals surface area contributed by atoms with E-state index in [0.29, 0.717) is 19.1 Å². The average molecular weight is 518 g/mol. The number of ether oxygens (including phenoxy) is 2. The van der Waals surface area contributed by atoms with Crippen molar-refractivity contribution in [3.05, 3.63) is 64.0 Å². The van der Waals surface area contributed by atoms with Crippen LogP contribution >= 0.6 is 11.3 Å². The first-order valence-electron chi connectivity index (χ1n) is 13.5. The first kappa shape index (κ1) is 24.4. The van der Waals surface area contributed by atoms with Crippen molar-refractivity contribution < 1.29 is 14.3 Å². The Bertz CT molecular complexity index is 1300. The van der Waals surface area contributed by atoms with Gasteiger partial charge in [0.15, 0.2) is 5.13 Å². The minimum atomic E-state index is -0.240. The van der Waals surface area contributed by atoms with Crippen molar-refractivity contribution in [3.8, 4) is 17.0 Å². The van der Waals surface area contributed by atoms with Crippen molar-refractivity contribution in [1.29, 1.82) is 0 Å². The molecule has 1 saturated carbocycles. The second kappa shape index (κ2) is 10.1. The Labute approximate surface area is 223 Å². The molecule has 1 N–H and O–H groups in total. The van der Waals surface area contributed by atoms with E-state index in [4.69, 9.17) is 14.5 Å². The van der Waals surface area contributed by atoms with Crippen molar-refractivity contribution in [3.63, 3.8) is 0 Å². The van der Waals surface area contributed by atoms with Crippen molar-refractivity contribution in [2.75, 3.05) is 31.1 Å². The van der Waals surface area contributed by atoms with Gasteiger partial charge in [-0.05, 0) is 80.8 Å². The summed E-state index contributed by atoms with van der Waals surface area (Å²) in [6, 6.07) is 13.1. The molecule has 37 heavy (non-hydrogen) atoms. The van der Waals surface area contributed by atoms with Crippen LogP contribution in [0.3, 0.4) is 0 Å². The predicted octanol–water partition coefficient (Wildman–Crippen LogP) is 5.51. The van der Waals surface area contributed by atoms with Gasteiger partial charge in [-0.25, -0.2) is 4.98 Å². The van der Waals surface area contributed by atoms with E-state index >= 15 is 0 Å². The summed E-state index contributed by atoms with van der Waals surface area (Å²) >= 11 is 1.67. The number of nitrogens with one attached hydrogen (secondary N) is 1. The highest BCUT2D eigenvalue weighted by Gasteiger charge is 2.63. The topological polar surface area (TPSA) is 63.7 Å². The van der Waals surface area contributed by atoms with Gasteiger partial charge in [-0.3, -0.25) is 4.79 Å². The lowest BCUT2D eigenvalue weighted by atomic mass is 9.95. The smallest absolute Gasteiger partial charge is 0.312 e. The number of carbonyl (C=O) groups is 1. The molecule has 6 rings (SSSR count). The first-order chi connectivity index (χ1) is 18.1. The lowest BCUT2D eigenvalue weighted by Gasteiger charge is -2.30. The molecule has 0 bridgehead atoms. The van der Waals surface area contributed by atoms with Crippen LogP contribution in [0.1, 0.15) is 48.4 Å². The minimum absolute atomic E-state index is 0.00724. The van der Waals surface area contributed by atoms with Crippen LogP contribution in [0.4, 0.5) is 5.13 Å². The Morgan fingerprint density at radius 2 is 2.16 bits per heavy atom. The van der Waals surface area contributed by atoms with Crippen LogP contribution in [-0.2, 0) is 29.1 Å². The van der Waals surface area contributed by atoms with Gasteiger partial charge >= 0.3 is 5.97 Å². The Kier molecular flexibility index (Phi) is 6.67. The molecular weight excluding hydrogens is 482 g/mol. The summed E-state index contributed by atoms with van der Waals surface area (Å²) in [5.41, 5.74) is 6.96. The number of anilines is 1. The Morgan fingerprint density at radius 3 is 3.03 bits per heavy atom. The lowest BCUT2D eigenvalue weighted by Crippen LogP contribution is -2.38. The molecule has 1 aliphatic carbocycles. The maximum atomic E-state index is 12.4. The highest BCUT2D eigenvalue weighted by molar-refractivity contribution is 7.14. The maximum Gasteiger partial charge on any atom is 0.312 e. The van der Waals surface area contributed by atoms with Gasteiger partial charge in [-0.2, -0.15) is 0 Å². The largest absolute Gasteiger partial charge is 0.488 e. The maximum absolute atomic E-state index is 12.4. The molecule has 1 unspecified atom stereocenters. The van der Waals surface area contributed by atoms with Gasteiger partial charge < -0.3 is 19.7 Å². The number of rotatable bonds is 7. The number of esters is 1. The van der Waals surface area contributed by atoms with E-state index in [9.17, 15) is 4.79 Å². The third-order valence-corrected chi connectivity index (χ3v) is 9.04. The molecule has 6 nitrogen and oxygen atoms in total. The Morgan fingerprint density at radius 1 is 1.24 bits per heavy atom. The van der Waals surface area contributed by atoms with E-state index in [0.717, 1.165) is 67.6 Å². The molecule has 194 valence electrons. The van der Waals surface area contributed by atoms with Crippen LogP contribution < -0.4 is 15.0 Å².